The number of hydrogen-bond acceptors (Lipinski definition) is 4. The summed E-state index contributed by atoms with van der Waals surface area (Å²) in [4.78, 5) is 13.4. The number of hydrogen-bond donors (Lipinski definition) is 1. The highest BCUT2D eigenvalue weighted by Crippen LogP contribution is 2.40. The number of thioether (sulfide) groups is 1. The SMILES string of the molecule is O=C1Nc2cc(S(=O)(=O)Cc3c(F)cccc3F)ccc2S/C1=C/c1ccc(Cl)cc1. The quantitative estimate of drug-likeness (QED) is 0.491. The van der Waals surface area contributed by atoms with Gasteiger partial charge in [-0.25, -0.2) is 17.2 Å². The second kappa shape index (κ2) is 8.45. The Morgan fingerprint density at radius 3 is 2.35 bits per heavy atom. The molecule has 0 aromatic heterocycles. The monoisotopic (exact) mass is 477 g/mol. The van der Waals surface area contributed by atoms with Crippen LogP contribution in [0, 0.1) is 11.6 Å². The molecule has 4 nitrogen and oxygen atoms in total. The molecule has 0 unspecified atom stereocenters. The lowest BCUT2D eigenvalue weighted by atomic mass is 10.2. The van der Waals surface area contributed by atoms with Crippen molar-refractivity contribution < 1.29 is 22.0 Å². The van der Waals surface area contributed by atoms with Crippen molar-refractivity contribution in [1.82, 2.24) is 0 Å². The number of nitrogens with one attached hydrogen (secondary N) is 1. The number of amides is 1. The van der Waals surface area contributed by atoms with E-state index in [0.29, 0.717) is 20.5 Å². The van der Waals surface area contributed by atoms with Crippen molar-refractivity contribution >= 4 is 50.9 Å². The first-order valence-corrected chi connectivity index (χ1v) is 11.8. The molecule has 1 amide bonds. The van der Waals surface area contributed by atoms with Crippen LogP contribution >= 0.6 is 23.4 Å². The smallest absolute Gasteiger partial charge is 0.262 e. The Morgan fingerprint density at radius 2 is 1.68 bits per heavy atom. The summed E-state index contributed by atoms with van der Waals surface area (Å²) in [6.07, 6.45) is 1.70. The van der Waals surface area contributed by atoms with Crippen LogP contribution in [0.2, 0.25) is 5.02 Å². The summed E-state index contributed by atoms with van der Waals surface area (Å²) < 4.78 is 53.2. The van der Waals surface area contributed by atoms with Gasteiger partial charge in [0.1, 0.15) is 11.6 Å². The fraction of sp³-hybridized carbons (Fsp3) is 0.0455. The molecule has 4 rings (SSSR count). The van der Waals surface area contributed by atoms with E-state index >= 15 is 0 Å². The van der Waals surface area contributed by atoms with Crippen LogP contribution in [0.1, 0.15) is 11.1 Å². The van der Waals surface area contributed by atoms with Gasteiger partial charge < -0.3 is 5.32 Å². The number of halogens is 3. The molecule has 1 aliphatic rings. The summed E-state index contributed by atoms with van der Waals surface area (Å²) in [6.45, 7) is 0. The normalized spacial score (nSPS) is 14.9. The lowest BCUT2D eigenvalue weighted by molar-refractivity contribution is -0.112. The molecule has 9 heteroatoms. The third-order valence-electron chi connectivity index (χ3n) is 4.57. The van der Waals surface area contributed by atoms with Crippen LogP contribution < -0.4 is 5.32 Å². The molecular formula is C22H14ClF2NO3S2. The van der Waals surface area contributed by atoms with E-state index < -0.39 is 32.8 Å². The number of rotatable bonds is 4. The van der Waals surface area contributed by atoms with E-state index in [1.807, 2.05) is 0 Å². The Balaban J connectivity index is 1.62. The molecule has 0 saturated carbocycles. The van der Waals surface area contributed by atoms with Gasteiger partial charge in [-0.2, -0.15) is 0 Å². The summed E-state index contributed by atoms with van der Waals surface area (Å²) >= 11 is 7.07. The largest absolute Gasteiger partial charge is 0.320 e. The van der Waals surface area contributed by atoms with Crippen LogP contribution in [0.4, 0.5) is 14.5 Å². The van der Waals surface area contributed by atoms with Crippen LogP contribution in [-0.2, 0) is 20.4 Å². The molecule has 0 fully saturated rings. The van der Waals surface area contributed by atoms with Crippen molar-refractivity contribution in [3.63, 3.8) is 0 Å². The van der Waals surface area contributed by atoms with Gasteiger partial charge in [0, 0.05) is 15.5 Å². The van der Waals surface area contributed by atoms with Crippen LogP contribution in [0.3, 0.4) is 0 Å². The third kappa shape index (κ3) is 4.66. The molecule has 0 aliphatic carbocycles. The minimum Gasteiger partial charge on any atom is -0.320 e. The maximum Gasteiger partial charge on any atom is 0.262 e. The Labute approximate surface area is 186 Å². The Kier molecular flexibility index (Phi) is 5.88. The zero-order chi connectivity index (χ0) is 22.2. The first-order chi connectivity index (χ1) is 14.7. The van der Waals surface area contributed by atoms with Crippen molar-refractivity contribution in [2.45, 2.75) is 15.5 Å². The number of carbonyl (C=O) groups excluding carboxylic acids is 1. The number of carbonyl (C=O) groups is 1. The van der Waals surface area contributed by atoms with Crippen LogP contribution in [0.25, 0.3) is 6.08 Å². The molecule has 0 saturated heterocycles. The van der Waals surface area contributed by atoms with E-state index in [1.54, 1.807) is 36.4 Å². The number of fused-ring (bicyclic) bond motifs is 1. The summed E-state index contributed by atoms with van der Waals surface area (Å²) in [5.41, 5.74) is 0.585. The predicted molar refractivity (Wildman–Crippen MR) is 118 cm³/mol. The summed E-state index contributed by atoms with van der Waals surface area (Å²) in [5, 5.41) is 3.25. The van der Waals surface area contributed by atoms with E-state index in [2.05, 4.69) is 5.32 Å². The van der Waals surface area contributed by atoms with Gasteiger partial charge in [-0.3, -0.25) is 4.79 Å². The van der Waals surface area contributed by atoms with Crippen molar-refractivity contribution in [3.8, 4) is 0 Å². The van der Waals surface area contributed by atoms with E-state index in [1.165, 1.54) is 30.0 Å². The van der Waals surface area contributed by atoms with E-state index in [0.717, 1.165) is 17.7 Å². The number of anilines is 1. The van der Waals surface area contributed by atoms with E-state index in [4.69, 9.17) is 11.6 Å². The van der Waals surface area contributed by atoms with Gasteiger partial charge in [-0.05, 0) is 54.1 Å². The second-order valence-corrected chi connectivity index (χ2v) is 10.2. The zero-order valence-electron chi connectivity index (χ0n) is 15.7. The lowest BCUT2D eigenvalue weighted by Gasteiger charge is -2.19. The van der Waals surface area contributed by atoms with Crippen LogP contribution in [0.5, 0.6) is 0 Å². The first kappa shape index (κ1) is 21.5. The van der Waals surface area contributed by atoms with Crippen LogP contribution in [0.15, 0.2) is 75.4 Å². The van der Waals surface area contributed by atoms with Crippen molar-refractivity contribution in [2.24, 2.45) is 0 Å². The van der Waals surface area contributed by atoms with Crippen molar-refractivity contribution in [1.29, 1.82) is 0 Å². The molecular weight excluding hydrogens is 464 g/mol. The Morgan fingerprint density at radius 1 is 1.00 bits per heavy atom. The van der Waals surface area contributed by atoms with Gasteiger partial charge in [-0.1, -0.05) is 41.6 Å². The molecule has 3 aromatic rings. The second-order valence-electron chi connectivity index (χ2n) is 6.73. The van der Waals surface area contributed by atoms with Gasteiger partial charge in [0.05, 0.1) is 21.2 Å². The lowest BCUT2D eigenvalue weighted by Crippen LogP contribution is -2.18. The fourth-order valence-corrected chi connectivity index (χ4v) is 5.44. The molecule has 3 aromatic carbocycles. The maximum absolute atomic E-state index is 13.9. The molecule has 1 aliphatic heterocycles. The van der Waals surface area contributed by atoms with E-state index in [9.17, 15) is 22.0 Å². The standard InChI is InChI=1S/C22H14ClF2NO3S2/c23-14-6-4-13(5-7-14)10-21-22(27)26-19-11-15(8-9-20(19)30-21)31(28,29)12-16-17(24)2-1-3-18(16)25/h1-11H,12H2,(H,26,27)/b21-10+. The van der Waals surface area contributed by atoms with Gasteiger partial charge in [-0.15, -0.1) is 0 Å². The first-order valence-electron chi connectivity index (χ1n) is 8.99. The van der Waals surface area contributed by atoms with E-state index in [-0.39, 0.29) is 10.8 Å². The van der Waals surface area contributed by atoms with Gasteiger partial charge >= 0.3 is 0 Å². The summed E-state index contributed by atoms with van der Waals surface area (Å²) in [7, 11) is -4.04. The van der Waals surface area contributed by atoms with Gasteiger partial charge in [0.25, 0.3) is 5.91 Å². The zero-order valence-corrected chi connectivity index (χ0v) is 18.1. The third-order valence-corrected chi connectivity index (χ3v) is 7.56. The average molecular weight is 478 g/mol. The summed E-state index contributed by atoms with van der Waals surface area (Å²) in [5.74, 6) is -3.07. The number of sulfone groups is 1. The Hall–Kier alpha value is -2.68. The highest BCUT2D eigenvalue weighted by Gasteiger charge is 2.25. The molecule has 1 N–H and O–H groups in total. The molecule has 0 radical (unpaired) electrons. The van der Waals surface area contributed by atoms with Crippen LogP contribution in [-0.4, -0.2) is 14.3 Å². The minimum absolute atomic E-state index is 0.139. The average Bonchev–Trinajstić information content (AvgIpc) is 2.72. The molecule has 0 spiro atoms. The maximum atomic E-state index is 13.9. The molecule has 0 bridgehead atoms. The van der Waals surface area contributed by atoms with Crippen molar-refractivity contribution in [2.75, 3.05) is 5.32 Å². The molecule has 158 valence electrons. The highest BCUT2D eigenvalue weighted by molar-refractivity contribution is 8.04. The number of benzene rings is 3. The summed E-state index contributed by atoms with van der Waals surface area (Å²) in [6, 6.07) is 14.4. The van der Waals surface area contributed by atoms with Gasteiger partial charge in [0.15, 0.2) is 9.84 Å². The molecule has 0 atom stereocenters. The molecule has 31 heavy (non-hydrogen) atoms. The fourth-order valence-electron chi connectivity index (χ4n) is 2.99. The highest BCUT2D eigenvalue weighted by atomic mass is 35.5. The molecule has 1 heterocycles. The topological polar surface area (TPSA) is 63.2 Å². The van der Waals surface area contributed by atoms with Crippen molar-refractivity contribution in [3.05, 3.63) is 93.4 Å². The van der Waals surface area contributed by atoms with Gasteiger partial charge in [0.2, 0.25) is 0 Å². The predicted octanol–water partition coefficient (Wildman–Crippen LogP) is 5.68. The minimum atomic E-state index is -4.04. The Bertz CT molecular complexity index is 1300.